The third-order valence-corrected chi connectivity index (χ3v) is 7.32. The SMILES string of the molecule is COC(=O)c1ccc(CN2CC(C)N(Cc3cccc(CN4CCN(C)CC4)c3)C(C)C2)cc1. The summed E-state index contributed by atoms with van der Waals surface area (Å²) in [4.78, 5) is 21.8. The smallest absolute Gasteiger partial charge is 0.337 e. The molecule has 2 aromatic rings. The van der Waals surface area contributed by atoms with E-state index in [1.54, 1.807) is 0 Å². The highest BCUT2D eigenvalue weighted by Gasteiger charge is 2.29. The van der Waals surface area contributed by atoms with Crippen LogP contribution in [0.4, 0.5) is 0 Å². The van der Waals surface area contributed by atoms with E-state index < -0.39 is 0 Å². The van der Waals surface area contributed by atoms with E-state index in [1.165, 1.54) is 23.8 Å². The molecule has 34 heavy (non-hydrogen) atoms. The summed E-state index contributed by atoms with van der Waals surface area (Å²) in [5.74, 6) is -0.282. The Morgan fingerprint density at radius 2 is 1.41 bits per heavy atom. The van der Waals surface area contributed by atoms with E-state index in [0.717, 1.165) is 58.9 Å². The van der Waals surface area contributed by atoms with Crippen molar-refractivity contribution in [1.29, 1.82) is 0 Å². The minimum absolute atomic E-state index is 0.282. The first-order chi connectivity index (χ1) is 16.4. The number of hydrogen-bond donors (Lipinski definition) is 0. The number of hydrogen-bond acceptors (Lipinski definition) is 6. The molecule has 6 nitrogen and oxygen atoms in total. The van der Waals surface area contributed by atoms with E-state index in [0.29, 0.717) is 17.6 Å². The molecule has 0 radical (unpaired) electrons. The molecule has 2 unspecified atom stereocenters. The zero-order valence-corrected chi connectivity index (χ0v) is 21.2. The van der Waals surface area contributed by atoms with Crippen molar-refractivity contribution in [2.45, 2.75) is 45.6 Å². The topological polar surface area (TPSA) is 39.3 Å². The van der Waals surface area contributed by atoms with Crippen LogP contribution in [-0.4, -0.2) is 91.1 Å². The van der Waals surface area contributed by atoms with Crippen LogP contribution in [0.3, 0.4) is 0 Å². The molecule has 2 aliphatic rings. The van der Waals surface area contributed by atoms with Gasteiger partial charge in [-0.3, -0.25) is 14.7 Å². The molecule has 0 aliphatic carbocycles. The molecule has 0 bridgehead atoms. The third kappa shape index (κ3) is 6.45. The lowest BCUT2D eigenvalue weighted by molar-refractivity contribution is 0.0290. The Balaban J connectivity index is 1.32. The first-order valence-electron chi connectivity index (χ1n) is 12.6. The summed E-state index contributed by atoms with van der Waals surface area (Å²) in [6.45, 7) is 14.4. The van der Waals surface area contributed by atoms with Gasteiger partial charge in [0.1, 0.15) is 0 Å². The molecule has 0 N–H and O–H groups in total. The zero-order chi connectivity index (χ0) is 24.1. The van der Waals surface area contributed by atoms with Gasteiger partial charge in [0.25, 0.3) is 0 Å². The summed E-state index contributed by atoms with van der Waals surface area (Å²) >= 11 is 0. The lowest BCUT2D eigenvalue weighted by atomic mass is 10.0. The van der Waals surface area contributed by atoms with Gasteiger partial charge in [0, 0.05) is 71.0 Å². The number of likely N-dealkylation sites (N-methyl/N-ethyl adjacent to an activating group) is 1. The number of carbonyl (C=O) groups excluding carboxylic acids is 1. The lowest BCUT2D eigenvalue weighted by Crippen LogP contribution is -2.55. The van der Waals surface area contributed by atoms with Crippen LogP contribution in [0.2, 0.25) is 0 Å². The number of benzene rings is 2. The number of methoxy groups -OCH3 is 1. The summed E-state index contributed by atoms with van der Waals surface area (Å²) in [7, 11) is 3.63. The molecule has 2 saturated heterocycles. The van der Waals surface area contributed by atoms with Gasteiger partial charge in [-0.2, -0.15) is 0 Å². The molecular weight excluding hydrogens is 424 g/mol. The second-order valence-electron chi connectivity index (χ2n) is 10.2. The first-order valence-corrected chi connectivity index (χ1v) is 12.6. The van der Waals surface area contributed by atoms with Gasteiger partial charge in [0.2, 0.25) is 0 Å². The van der Waals surface area contributed by atoms with Crippen LogP contribution in [0.15, 0.2) is 48.5 Å². The van der Waals surface area contributed by atoms with E-state index >= 15 is 0 Å². The fourth-order valence-corrected chi connectivity index (χ4v) is 5.33. The summed E-state index contributed by atoms with van der Waals surface area (Å²) in [6.07, 6.45) is 0. The number of piperazine rings is 2. The monoisotopic (exact) mass is 464 g/mol. The number of carbonyl (C=O) groups is 1. The predicted octanol–water partition coefficient (Wildman–Crippen LogP) is 3.32. The molecule has 2 fully saturated rings. The normalized spacial score (nSPS) is 23.2. The maximum Gasteiger partial charge on any atom is 0.337 e. The highest BCUT2D eigenvalue weighted by molar-refractivity contribution is 5.89. The van der Waals surface area contributed by atoms with E-state index in [1.807, 2.05) is 24.3 Å². The molecule has 4 rings (SSSR count). The van der Waals surface area contributed by atoms with Gasteiger partial charge < -0.3 is 9.64 Å². The van der Waals surface area contributed by atoms with Crippen molar-refractivity contribution >= 4 is 5.97 Å². The van der Waals surface area contributed by atoms with Crippen LogP contribution in [0.25, 0.3) is 0 Å². The van der Waals surface area contributed by atoms with Crippen molar-refractivity contribution in [3.05, 3.63) is 70.8 Å². The van der Waals surface area contributed by atoms with Crippen LogP contribution in [0, 0.1) is 0 Å². The summed E-state index contributed by atoms with van der Waals surface area (Å²) in [5, 5.41) is 0. The van der Waals surface area contributed by atoms with Crippen LogP contribution in [0.5, 0.6) is 0 Å². The lowest BCUT2D eigenvalue weighted by Gasteiger charge is -2.44. The Hall–Kier alpha value is -2.25. The van der Waals surface area contributed by atoms with Crippen molar-refractivity contribution in [3.63, 3.8) is 0 Å². The van der Waals surface area contributed by atoms with Crippen molar-refractivity contribution in [2.24, 2.45) is 0 Å². The quantitative estimate of drug-likeness (QED) is 0.586. The molecule has 0 saturated carbocycles. The van der Waals surface area contributed by atoms with Crippen LogP contribution < -0.4 is 0 Å². The van der Waals surface area contributed by atoms with E-state index in [9.17, 15) is 4.79 Å². The number of esters is 1. The molecule has 2 aromatic carbocycles. The molecule has 2 atom stereocenters. The Bertz CT molecular complexity index is 928. The summed E-state index contributed by atoms with van der Waals surface area (Å²) in [6, 6.07) is 18.0. The van der Waals surface area contributed by atoms with Gasteiger partial charge in [-0.1, -0.05) is 36.4 Å². The van der Waals surface area contributed by atoms with Gasteiger partial charge in [0.15, 0.2) is 0 Å². The largest absolute Gasteiger partial charge is 0.465 e. The molecule has 0 aromatic heterocycles. The Labute approximate surface area is 205 Å². The molecule has 6 heteroatoms. The van der Waals surface area contributed by atoms with Gasteiger partial charge in [-0.25, -0.2) is 4.79 Å². The minimum atomic E-state index is -0.282. The second-order valence-corrected chi connectivity index (χ2v) is 10.2. The Morgan fingerprint density at radius 3 is 2.03 bits per heavy atom. The van der Waals surface area contributed by atoms with Crippen LogP contribution >= 0.6 is 0 Å². The first kappa shape index (κ1) is 24.9. The fourth-order valence-electron chi connectivity index (χ4n) is 5.33. The molecule has 0 amide bonds. The van der Waals surface area contributed by atoms with Crippen molar-refractivity contribution in [2.75, 3.05) is 53.4 Å². The summed E-state index contributed by atoms with van der Waals surface area (Å²) < 4.78 is 4.81. The third-order valence-electron chi connectivity index (χ3n) is 7.32. The molecule has 2 aliphatic heterocycles. The highest BCUT2D eigenvalue weighted by atomic mass is 16.5. The fraction of sp³-hybridized carbons (Fsp3) is 0.536. The highest BCUT2D eigenvalue weighted by Crippen LogP contribution is 2.22. The minimum Gasteiger partial charge on any atom is -0.465 e. The average molecular weight is 465 g/mol. The molecule has 0 spiro atoms. The van der Waals surface area contributed by atoms with Crippen molar-refractivity contribution in [1.82, 2.24) is 19.6 Å². The van der Waals surface area contributed by atoms with Crippen molar-refractivity contribution in [3.8, 4) is 0 Å². The number of rotatable bonds is 7. The zero-order valence-electron chi connectivity index (χ0n) is 21.2. The molecule has 184 valence electrons. The van der Waals surface area contributed by atoms with Gasteiger partial charge in [-0.15, -0.1) is 0 Å². The van der Waals surface area contributed by atoms with Gasteiger partial charge in [-0.05, 0) is 49.7 Å². The second kappa shape index (κ2) is 11.5. The predicted molar refractivity (Wildman–Crippen MR) is 137 cm³/mol. The Kier molecular flexibility index (Phi) is 8.37. The van der Waals surface area contributed by atoms with Crippen molar-refractivity contribution < 1.29 is 9.53 Å². The average Bonchev–Trinajstić information content (AvgIpc) is 2.83. The summed E-state index contributed by atoms with van der Waals surface area (Å²) in [5.41, 5.74) is 4.68. The Morgan fingerprint density at radius 1 is 0.824 bits per heavy atom. The maximum absolute atomic E-state index is 11.7. The maximum atomic E-state index is 11.7. The number of nitrogens with zero attached hydrogens (tertiary/aromatic N) is 4. The van der Waals surface area contributed by atoms with Crippen LogP contribution in [0.1, 0.15) is 40.9 Å². The van der Waals surface area contributed by atoms with E-state index in [-0.39, 0.29) is 5.97 Å². The molecule has 2 heterocycles. The van der Waals surface area contributed by atoms with E-state index in [2.05, 4.69) is 64.8 Å². The van der Waals surface area contributed by atoms with Gasteiger partial charge in [0.05, 0.1) is 12.7 Å². The molecular formula is C28H40N4O2. The standard InChI is InChI=1S/C28H40N4O2/c1-22-17-31(19-24-8-10-27(11-9-24)28(33)34-4)18-23(2)32(22)21-26-7-5-6-25(16-26)20-30-14-12-29(3)13-15-30/h5-11,16,22-23H,12-15,17-21H2,1-4H3. The van der Waals surface area contributed by atoms with E-state index in [4.69, 9.17) is 4.74 Å². The van der Waals surface area contributed by atoms with Crippen LogP contribution in [-0.2, 0) is 24.4 Å². The van der Waals surface area contributed by atoms with Gasteiger partial charge >= 0.3 is 5.97 Å². The number of ether oxygens (including phenoxy) is 1.